The first-order chi connectivity index (χ1) is 9.40. The Morgan fingerprint density at radius 3 is 2.65 bits per heavy atom. The van der Waals surface area contributed by atoms with Gasteiger partial charge in [0, 0.05) is 13.2 Å². The summed E-state index contributed by atoms with van der Waals surface area (Å²) < 4.78 is 4.39. The summed E-state index contributed by atoms with van der Waals surface area (Å²) in [7, 11) is 1.85. The average molecular weight is 340 g/mol. The Hall–Kier alpha value is -1.63. The first-order valence-electron chi connectivity index (χ1n) is 6.37. The molecule has 0 bridgehead atoms. The van der Waals surface area contributed by atoms with Gasteiger partial charge in [-0.25, -0.2) is 0 Å². The Morgan fingerprint density at radius 1 is 1.45 bits per heavy atom. The zero-order chi connectivity index (χ0) is 14.9. The van der Waals surface area contributed by atoms with Gasteiger partial charge in [-0.05, 0) is 42.8 Å². The molecule has 2 aromatic rings. The zero-order valence-corrected chi connectivity index (χ0v) is 13.6. The minimum absolute atomic E-state index is 0.0752. The molecule has 7 heteroatoms. The molecule has 0 radical (unpaired) electrons. The van der Waals surface area contributed by atoms with E-state index in [1.165, 1.54) is 0 Å². The van der Waals surface area contributed by atoms with Crippen molar-refractivity contribution in [3.8, 4) is 0 Å². The Balaban J connectivity index is 2.03. The van der Waals surface area contributed by atoms with Gasteiger partial charge >= 0.3 is 0 Å². The third-order valence-electron chi connectivity index (χ3n) is 3.20. The van der Waals surface area contributed by atoms with E-state index in [4.69, 9.17) is 0 Å². The molecule has 0 aliphatic carbocycles. The molecule has 1 amide bonds. The summed E-state index contributed by atoms with van der Waals surface area (Å²) in [5.41, 5.74) is 2.66. The van der Waals surface area contributed by atoms with Crippen LogP contribution in [0.25, 0.3) is 0 Å². The number of aryl methyl sites for hydroxylation is 2. The van der Waals surface area contributed by atoms with Gasteiger partial charge in [-0.15, -0.1) is 0 Å². The molecular weight excluding hydrogens is 322 g/mol. The first-order valence-corrected chi connectivity index (χ1v) is 7.17. The third-order valence-corrected chi connectivity index (χ3v) is 4.34. The van der Waals surface area contributed by atoms with E-state index < -0.39 is 0 Å². The van der Waals surface area contributed by atoms with Crippen molar-refractivity contribution in [2.45, 2.75) is 33.4 Å². The van der Waals surface area contributed by atoms with Gasteiger partial charge in [0.05, 0.1) is 28.1 Å². The monoisotopic (exact) mass is 339 g/mol. The lowest BCUT2D eigenvalue weighted by Gasteiger charge is -2.14. The number of carbonyl (C=O) groups is 1. The highest BCUT2D eigenvalue weighted by molar-refractivity contribution is 9.10. The normalized spacial score (nSPS) is 12.4. The van der Waals surface area contributed by atoms with Crippen molar-refractivity contribution in [3.05, 3.63) is 33.8 Å². The maximum absolute atomic E-state index is 12.2. The summed E-state index contributed by atoms with van der Waals surface area (Å²) in [5.74, 6) is -0.0752. The summed E-state index contributed by atoms with van der Waals surface area (Å²) in [6, 6.07) is 1.52. The summed E-state index contributed by atoms with van der Waals surface area (Å²) in [4.78, 5) is 12.2. The van der Waals surface area contributed by atoms with E-state index in [2.05, 4.69) is 31.4 Å². The molecule has 0 spiro atoms. The maximum atomic E-state index is 12.2. The van der Waals surface area contributed by atoms with Gasteiger partial charge in [-0.1, -0.05) is 0 Å². The summed E-state index contributed by atoms with van der Waals surface area (Å²) in [6.07, 6.45) is 1.85. The van der Waals surface area contributed by atoms with Crippen LogP contribution in [0.15, 0.2) is 16.7 Å². The highest BCUT2D eigenvalue weighted by Gasteiger charge is 2.20. The molecule has 20 heavy (non-hydrogen) atoms. The number of halogens is 1. The molecule has 1 N–H and O–H groups in total. The second kappa shape index (κ2) is 5.78. The number of rotatable bonds is 4. The lowest BCUT2D eigenvalue weighted by Crippen LogP contribution is -2.31. The molecule has 0 fully saturated rings. The fourth-order valence-corrected chi connectivity index (χ4v) is 2.27. The van der Waals surface area contributed by atoms with E-state index in [1.807, 2.05) is 40.1 Å². The van der Waals surface area contributed by atoms with Crippen LogP contribution in [0.2, 0.25) is 0 Å². The summed E-state index contributed by atoms with van der Waals surface area (Å²) >= 11 is 3.47. The molecule has 2 aromatic heterocycles. The average Bonchev–Trinajstić information content (AvgIpc) is 2.94. The van der Waals surface area contributed by atoms with Gasteiger partial charge in [0.2, 0.25) is 5.91 Å². The van der Waals surface area contributed by atoms with Gasteiger partial charge in [0.25, 0.3) is 0 Å². The van der Waals surface area contributed by atoms with Crippen molar-refractivity contribution in [1.82, 2.24) is 24.9 Å². The van der Waals surface area contributed by atoms with Gasteiger partial charge in [-0.2, -0.15) is 10.2 Å². The van der Waals surface area contributed by atoms with Crippen LogP contribution >= 0.6 is 15.9 Å². The highest BCUT2D eigenvalue weighted by atomic mass is 79.9. The Labute approximate surface area is 126 Å². The number of nitrogens with zero attached hydrogens (tertiary/aromatic N) is 4. The predicted molar refractivity (Wildman–Crippen MR) is 79.2 cm³/mol. The van der Waals surface area contributed by atoms with Crippen LogP contribution in [0.4, 0.5) is 0 Å². The SMILES string of the molecule is Cc1nn(C(C)C(=O)NCc2ccn(C)n2)c(C)c1Br. The van der Waals surface area contributed by atoms with E-state index in [9.17, 15) is 4.79 Å². The van der Waals surface area contributed by atoms with Crippen LogP contribution in [0.3, 0.4) is 0 Å². The molecule has 0 aromatic carbocycles. The topological polar surface area (TPSA) is 64.7 Å². The van der Waals surface area contributed by atoms with Gasteiger partial charge in [-0.3, -0.25) is 14.2 Å². The maximum Gasteiger partial charge on any atom is 0.244 e. The van der Waals surface area contributed by atoms with E-state index in [0.717, 1.165) is 21.6 Å². The van der Waals surface area contributed by atoms with Crippen molar-refractivity contribution in [2.75, 3.05) is 0 Å². The second-order valence-corrected chi connectivity index (χ2v) is 5.60. The van der Waals surface area contributed by atoms with E-state index in [-0.39, 0.29) is 11.9 Å². The zero-order valence-electron chi connectivity index (χ0n) is 12.0. The Morgan fingerprint density at radius 2 is 2.15 bits per heavy atom. The lowest BCUT2D eigenvalue weighted by molar-refractivity contribution is -0.124. The standard InChI is InChI=1S/C13H18BrN5O/c1-8-12(14)9(2)19(16-8)10(3)13(20)15-7-11-5-6-18(4)17-11/h5-6,10H,7H2,1-4H3,(H,15,20). The first kappa shape index (κ1) is 14.8. The number of aromatic nitrogens is 4. The third kappa shape index (κ3) is 2.92. The molecule has 108 valence electrons. The van der Waals surface area contributed by atoms with Crippen molar-refractivity contribution in [1.29, 1.82) is 0 Å². The van der Waals surface area contributed by atoms with Gasteiger partial charge in [0.15, 0.2) is 0 Å². The predicted octanol–water partition coefficient (Wildman–Crippen LogP) is 1.87. The van der Waals surface area contributed by atoms with E-state index in [1.54, 1.807) is 9.36 Å². The number of hydrogen-bond donors (Lipinski definition) is 1. The van der Waals surface area contributed by atoms with Crippen LogP contribution in [0.5, 0.6) is 0 Å². The minimum Gasteiger partial charge on any atom is -0.349 e. The molecule has 1 unspecified atom stereocenters. The molecule has 0 aliphatic heterocycles. The molecule has 0 saturated heterocycles. The van der Waals surface area contributed by atoms with Gasteiger partial charge in [0.1, 0.15) is 6.04 Å². The smallest absolute Gasteiger partial charge is 0.244 e. The van der Waals surface area contributed by atoms with Crippen LogP contribution in [0, 0.1) is 13.8 Å². The molecule has 0 saturated carbocycles. The largest absolute Gasteiger partial charge is 0.349 e. The molecular formula is C13H18BrN5O. The van der Waals surface area contributed by atoms with Crippen molar-refractivity contribution in [3.63, 3.8) is 0 Å². The van der Waals surface area contributed by atoms with Gasteiger partial charge < -0.3 is 5.32 Å². The summed E-state index contributed by atoms with van der Waals surface area (Å²) in [5, 5.41) is 11.5. The Kier molecular flexibility index (Phi) is 4.27. The second-order valence-electron chi connectivity index (χ2n) is 4.80. The molecule has 1 atom stereocenters. The van der Waals surface area contributed by atoms with Crippen LogP contribution in [-0.4, -0.2) is 25.5 Å². The molecule has 0 aliphatic rings. The van der Waals surface area contributed by atoms with Crippen LogP contribution in [0.1, 0.15) is 30.0 Å². The number of carbonyl (C=O) groups excluding carboxylic acids is 1. The number of hydrogen-bond acceptors (Lipinski definition) is 3. The van der Waals surface area contributed by atoms with E-state index >= 15 is 0 Å². The minimum atomic E-state index is -0.358. The molecule has 2 heterocycles. The quantitative estimate of drug-likeness (QED) is 0.924. The lowest BCUT2D eigenvalue weighted by atomic mass is 10.3. The van der Waals surface area contributed by atoms with Crippen molar-refractivity contribution < 1.29 is 4.79 Å². The Bertz CT molecular complexity index is 631. The number of amides is 1. The highest BCUT2D eigenvalue weighted by Crippen LogP contribution is 2.22. The van der Waals surface area contributed by atoms with Crippen LogP contribution in [-0.2, 0) is 18.4 Å². The molecule has 2 rings (SSSR count). The molecule has 6 nitrogen and oxygen atoms in total. The summed E-state index contributed by atoms with van der Waals surface area (Å²) in [6.45, 7) is 6.10. The fraction of sp³-hybridized carbons (Fsp3) is 0.462. The van der Waals surface area contributed by atoms with Crippen molar-refractivity contribution in [2.24, 2.45) is 7.05 Å². The van der Waals surface area contributed by atoms with Crippen molar-refractivity contribution >= 4 is 21.8 Å². The van der Waals surface area contributed by atoms with Crippen LogP contribution < -0.4 is 5.32 Å². The fourth-order valence-electron chi connectivity index (χ4n) is 2.01. The number of nitrogens with one attached hydrogen (secondary N) is 1. The van der Waals surface area contributed by atoms with E-state index in [0.29, 0.717) is 6.54 Å².